The van der Waals surface area contributed by atoms with Crippen molar-refractivity contribution in [1.29, 1.82) is 0 Å². The molecule has 6 nitrogen and oxygen atoms in total. The number of thiophene rings is 1. The van der Waals surface area contributed by atoms with E-state index in [0.29, 0.717) is 39.1 Å². The molecule has 3 N–H and O–H groups in total. The second kappa shape index (κ2) is 13.8. The van der Waals surface area contributed by atoms with Crippen LogP contribution in [-0.2, 0) is 6.54 Å². The second-order valence-corrected chi connectivity index (χ2v) is 11.0. The molecule has 5 rings (SSSR count). The Hall–Kier alpha value is -2.62. The van der Waals surface area contributed by atoms with Gasteiger partial charge in [0.15, 0.2) is 0 Å². The first-order valence-electron chi connectivity index (χ1n) is 12.6. The summed E-state index contributed by atoms with van der Waals surface area (Å²) >= 11 is 7.88. The summed E-state index contributed by atoms with van der Waals surface area (Å²) in [7, 11) is 3.60. The highest BCUT2D eigenvalue weighted by atomic mass is 35.5. The predicted octanol–water partition coefficient (Wildman–Crippen LogP) is 7.36. The first-order valence-corrected chi connectivity index (χ1v) is 13.8. The number of aromatic nitrogens is 1. The van der Waals surface area contributed by atoms with E-state index in [1.807, 2.05) is 36.2 Å². The van der Waals surface area contributed by atoms with Crippen LogP contribution < -0.4 is 15.8 Å². The lowest BCUT2D eigenvalue weighted by Gasteiger charge is -2.37. The van der Waals surface area contributed by atoms with E-state index in [9.17, 15) is 9.18 Å². The molecule has 1 fully saturated rings. The van der Waals surface area contributed by atoms with Crippen LogP contribution in [0.3, 0.4) is 0 Å². The molecular weight excluding hydrogens is 594 g/mol. The average Bonchev–Trinajstić information content (AvgIpc) is 3.29. The van der Waals surface area contributed by atoms with Crippen LogP contribution in [0.5, 0.6) is 5.75 Å². The molecule has 40 heavy (non-hydrogen) atoms. The van der Waals surface area contributed by atoms with Gasteiger partial charge in [0.2, 0.25) is 0 Å². The van der Waals surface area contributed by atoms with E-state index in [0.717, 1.165) is 42.4 Å². The minimum absolute atomic E-state index is 0. The molecule has 1 amide bonds. The Bertz CT molecular complexity index is 1460. The standard InChI is InChI=1S/C29H30ClFN4O2S.2ClH/c1-33-20-8-10-21(11-9-20)35(29(36)28-27(30)26-22(31)4-3-5-24(26)38-28)16-19-14-17(6-12-23(19)37-2)18-7-13-25(32)34-15-18;;/h3-7,12-15,20-21,33H,8-11,16H2,1-2H3,(H2,32,34);2*1H. The number of pyridine rings is 1. The van der Waals surface area contributed by atoms with Crippen molar-refractivity contribution >= 4 is 69.6 Å². The first-order chi connectivity index (χ1) is 18.4. The molecule has 2 aromatic carbocycles. The number of nitrogen functional groups attached to an aromatic ring is 1. The largest absolute Gasteiger partial charge is 0.496 e. The molecule has 0 atom stereocenters. The number of hydrogen-bond donors (Lipinski definition) is 2. The molecule has 0 aliphatic heterocycles. The average molecular weight is 626 g/mol. The molecule has 2 aromatic heterocycles. The van der Waals surface area contributed by atoms with Gasteiger partial charge in [-0.15, -0.1) is 36.2 Å². The van der Waals surface area contributed by atoms with Crippen molar-refractivity contribution in [3.8, 4) is 16.9 Å². The van der Waals surface area contributed by atoms with Gasteiger partial charge in [-0.25, -0.2) is 9.37 Å². The zero-order valence-electron chi connectivity index (χ0n) is 22.2. The van der Waals surface area contributed by atoms with Crippen molar-refractivity contribution in [2.75, 3.05) is 19.9 Å². The summed E-state index contributed by atoms with van der Waals surface area (Å²) in [6.45, 7) is 0.334. The van der Waals surface area contributed by atoms with E-state index in [-0.39, 0.29) is 41.8 Å². The summed E-state index contributed by atoms with van der Waals surface area (Å²) in [5, 5.41) is 3.84. The number of benzene rings is 2. The highest BCUT2D eigenvalue weighted by Crippen LogP contribution is 2.39. The minimum Gasteiger partial charge on any atom is -0.496 e. The molecule has 1 saturated carbocycles. The number of hydrogen-bond acceptors (Lipinski definition) is 6. The fourth-order valence-corrected chi connectivity index (χ4v) is 6.73. The minimum atomic E-state index is -0.421. The quantitative estimate of drug-likeness (QED) is 0.224. The number of fused-ring (bicyclic) bond motifs is 1. The molecule has 11 heteroatoms. The van der Waals surface area contributed by atoms with Gasteiger partial charge in [0.05, 0.1) is 12.1 Å². The van der Waals surface area contributed by atoms with Gasteiger partial charge in [-0.3, -0.25) is 4.79 Å². The zero-order valence-corrected chi connectivity index (χ0v) is 25.4. The molecule has 0 spiro atoms. The lowest BCUT2D eigenvalue weighted by atomic mass is 9.89. The maximum Gasteiger partial charge on any atom is 0.266 e. The zero-order chi connectivity index (χ0) is 26.8. The number of rotatable bonds is 7. The number of anilines is 1. The number of methoxy groups -OCH3 is 1. The molecule has 4 aromatic rings. The van der Waals surface area contributed by atoms with Crippen LogP contribution in [0.2, 0.25) is 5.02 Å². The molecule has 0 radical (unpaired) electrons. The topological polar surface area (TPSA) is 80.5 Å². The Morgan fingerprint density at radius 2 is 1.88 bits per heavy atom. The number of halogens is 4. The van der Waals surface area contributed by atoms with E-state index in [1.165, 1.54) is 17.4 Å². The number of amides is 1. The Morgan fingerprint density at radius 3 is 2.50 bits per heavy atom. The van der Waals surface area contributed by atoms with E-state index in [2.05, 4.69) is 10.3 Å². The van der Waals surface area contributed by atoms with Crippen LogP contribution in [0, 0.1) is 5.82 Å². The molecular formula is C29H32Cl3FN4O2S. The number of carbonyl (C=O) groups is 1. The van der Waals surface area contributed by atoms with E-state index in [4.69, 9.17) is 22.1 Å². The van der Waals surface area contributed by atoms with Crippen molar-refractivity contribution in [2.45, 2.75) is 44.3 Å². The van der Waals surface area contributed by atoms with Crippen molar-refractivity contribution in [2.24, 2.45) is 0 Å². The lowest BCUT2D eigenvalue weighted by molar-refractivity contribution is 0.0604. The summed E-state index contributed by atoms with van der Waals surface area (Å²) in [5.74, 6) is 0.529. The highest BCUT2D eigenvalue weighted by molar-refractivity contribution is 7.21. The first kappa shape index (κ1) is 31.9. The molecule has 0 saturated heterocycles. The third-order valence-electron chi connectivity index (χ3n) is 7.35. The summed E-state index contributed by atoms with van der Waals surface area (Å²) in [5.41, 5.74) is 8.50. The van der Waals surface area contributed by atoms with Crippen molar-refractivity contribution in [3.05, 3.63) is 76.0 Å². The Morgan fingerprint density at radius 1 is 1.15 bits per heavy atom. The maximum absolute atomic E-state index is 14.6. The number of ether oxygens (including phenoxy) is 1. The Balaban J connectivity index is 0.00000220. The van der Waals surface area contributed by atoms with Gasteiger partial charge < -0.3 is 20.7 Å². The summed E-state index contributed by atoms with van der Waals surface area (Å²) in [6.07, 6.45) is 5.38. The normalized spacial score (nSPS) is 16.6. The fourth-order valence-electron chi connectivity index (χ4n) is 5.22. The lowest BCUT2D eigenvalue weighted by Crippen LogP contribution is -2.44. The third-order valence-corrected chi connectivity index (χ3v) is 8.98. The van der Waals surface area contributed by atoms with Gasteiger partial charge in [0.25, 0.3) is 5.91 Å². The molecule has 0 unspecified atom stereocenters. The number of nitrogens with zero attached hydrogens (tertiary/aromatic N) is 2. The van der Waals surface area contributed by atoms with Crippen LogP contribution >= 0.6 is 47.8 Å². The number of carbonyl (C=O) groups excluding carboxylic acids is 1. The Labute approximate surface area is 254 Å². The van der Waals surface area contributed by atoms with Crippen LogP contribution in [0.25, 0.3) is 21.2 Å². The van der Waals surface area contributed by atoms with Crippen LogP contribution in [0.15, 0.2) is 54.7 Å². The summed E-state index contributed by atoms with van der Waals surface area (Å²) in [4.78, 5) is 20.6. The fraction of sp³-hybridized carbons (Fsp3) is 0.310. The summed E-state index contributed by atoms with van der Waals surface area (Å²) < 4.78 is 21.0. The van der Waals surface area contributed by atoms with Crippen LogP contribution in [0.4, 0.5) is 10.2 Å². The SMILES string of the molecule is CNC1CCC(N(Cc2cc(-c3ccc(N)nc3)ccc2OC)C(=O)c2sc3cccc(F)c3c2Cl)CC1.Cl.Cl. The smallest absolute Gasteiger partial charge is 0.266 e. The number of nitrogens with one attached hydrogen (secondary N) is 1. The molecule has 0 bridgehead atoms. The van der Waals surface area contributed by atoms with Crippen molar-refractivity contribution in [1.82, 2.24) is 15.2 Å². The van der Waals surface area contributed by atoms with Gasteiger partial charge in [0.1, 0.15) is 22.3 Å². The van der Waals surface area contributed by atoms with Gasteiger partial charge in [-0.05, 0) is 74.7 Å². The third kappa shape index (κ3) is 6.47. The van der Waals surface area contributed by atoms with Gasteiger partial charge >= 0.3 is 0 Å². The highest BCUT2D eigenvalue weighted by Gasteiger charge is 2.32. The van der Waals surface area contributed by atoms with Crippen LogP contribution in [0.1, 0.15) is 40.9 Å². The van der Waals surface area contributed by atoms with Gasteiger partial charge in [0, 0.05) is 46.0 Å². The van der Waals surface area contributed by atoms with Crippen LogP contribution in [-0.4, -0.2) is 42.0 Å². The molecule has 1 aliphatic rings. The van der Waals surface area contributed by atoms with E-state index >= 15 is 0 Å². The van der Waals surface area contributed by atoms with Crippen molar-refractivity contribution < 1.29 is 13.9 Å². The van der Waals surface area contributed by atoms with Gasteiger partial charge in [-0.2, -0.15) is 0 Å². The number of nitrogens with two attached hydrogens (primary N) is 1. The summed E-state index contributed by atoms with van der Waals surface area (Å²) in [6, 6.07) is 14.8. The van der Waals surface area contributed by atoms with E-state index < -0.39 is 5.82 Å². The molecule has 1 aliphatic carbocycles. The predicted molar refractivity (Wildman–Crippen MR) is 167 cm³/mol. The monoisotopic (exact) mass is 624 g/mol. The molecule has 214 valence electrons. The van der Waals surface area contributed by atoms with Gasteiger partial charge in [-0.1, -0.05) is 23.7 Å². The maximum atomic E-state index is 14.6. The molecule has 2 heterocycles. The second-order valence-electron chi connectivity index (χ2n) is 9.58. The van der Waals surface area contributed by atoms with Crippen molar-refractivity contribution in [3.63, 3.8) is 0 Å². The van der Waals surface area contributed by atoms with E-state index in [1.54, 1.807) is 31.5 Å². The Kier molecular flexibility index (Phi) is 11.0.